The number of carboxylic acid groups (broad SMARTS) is 1. The molecule has 0 aliphatic rings. The van der Waals surface area contributed by atoms with Crippen molar-refractivity contribution in [3.05, 3.63) is 29.8 Å². The third-order valence-corrected chi connectivity index (χ3v) is 5.53. The minimum absolute atomic E-state index is 0.0120. The maximum atomic E-state index is 12.8. The number of nitrogens with one attached hydrogen (secondary N) is 3. The molecule has 0 aliphatic carbocycles. The smallest absolute Gasteiger partial charge is 0.326 e. The molecule has 0 heterocycles. The van der Waals surface area contributed by atoms with Gasteiger partial charge in [0.25, 0.3) is 0 Å². The third-order valence-electron chi connectivity index (χ3n) is 5.53. The highest BCUT2D eigenvalue weighted by Crippen LogP contribution is 2.12. The average Bonchev–Trinajstić information content (AvgIpc) is 2.83. The van der Waals surface area contributed by atoms with Crippen LogP contribution < -0.4 is 33.2 Å². The van der Waals surface area contributed by atoms with Gasteiger partial charge in [0, 0.05) is 13.0 Å². The zero-order valence-electron chi connectivity index (χ0n) is 20.6. The lowest BCUT2D eigenvalue weighted by Gasteiger charge is -2.25. The Morgan fingerprint density at radius 2 is 1.69 bits per heavy atom. The number of carboxylic acids is 1. The maximum absolute atomic E-state index is 12.8. The van der Waals surface area contributed by atoms with Crippen LogP contribution in [0.5, 0.6) is 5.75 Å². The van der Waals surface area contributed by atoms with Crippen molar-refractivity contribution in [2.75, 3.05) is 13.1 Å². The second-order valence-corrected chi connectivity index (χ2v) is 8.47. The highest BCUT2D eigenvalue weighted by Gasteiger charge is 2.28. The van der Waals surface area contributed by atoms with Crippen molar-refractivity contribution in [3.8, 4) is 5.75 Å². The van der Waals surface area contributed by atoms with Crippen molar-refractivity contribution in [1.82, 2.24) is 16.0 Å². The molecule has 3 amide bonds. The number of phenols is 1. The Morgan fingerprint density at radius 1 is 1.06 bits per heavy atom. The van der Waals surface area contributed by atoms with Crippen molar-refractivity contribution < 1.29 is 29.4 Å². The van der Waals surface area contributed by atoms with Gasteiger partial charge >= 0.3 is 5.97 Å². The lowest BCUT2D eigenvalue weighted by Crippen LogP contribution is -2.55. The summed E-state index contributed by atoms with van der Waals surface area (Å²) in [5.74, 6) is -3.35. The van der Waals surface area contributed by atoms with Crippen molar-refractivity contribution in [2.45, 2.75) is 57.7 Å². The van der Waals surface area contributed by atoms with Crippen LogP contribution in [0.4, 0.5) is 0 Å². The molecule has 0 saturated heterocycles. The molecule has 11 N–H and O–H groups in total. The van der Waals surface area contributed by atoms with Gasteiger partial charge in [-0.1, -0.05) is 32.4 Å². The highest BCUT2D eigenvalue weighted by atomic mass is 16.4. The molecule has 36 heavy (non-hydrogen) atoms. The summed E-state index contributed by atoms with van der Waals surface area (Å²) in [6.45, 7) is 3.45. The van der Waals surface area contributed by atoms with Gasteiger partial charge in [-0.2, -0.15) is 0 Å². The number of hydrogen-bond acceptors (Lipinski definition) is 7. The van der Waals surface area contributed by atoms with Gasteiger partial charge in [0.05, 0.1) is 12.6 Å². The Labute approximate surface area is 209 Å². The molecule has 1 aromatic carbocycles. The number of rotatable bonds is 15. The quantitative estimate of drug-likeness (QED) is 0.0784. The number of aromatic hydroxyl groups is 1. The second-order valence-electron chi connectivity index (χ2n) is 8.47. The van der Waals surface area contributed by atoms with E-state index in [0.717, 1.165) is 0 Å². The first-order valence-electron chi connectivity index (χ1n) is 11.6. The summed E-state index contributed by atoms with van der Waals surface area (Å²) in [6, 6.07) is 2.87. The number of aliphatic imine (C=N–C) groups is 1. The topological polar surface area (TPSA) is 235 Å². The van der Waals surface area contributed by atoms with E-state index in [1.54, 1.807) is 19.1 Å². The number of amides is 3. The average molecular weight is 508 g/mol. The molecule has 4 unspecified atom stereocenters. The third kappa shape index (κ3) is 11.0. The molecule has 4 atom stereocenters. The zero-order chi connectivity index (χ0) is 27.3. The monoisotopic (exact) mass is 507 g/mol. The van der Waals surface area contributed by atoms with Crippen LogP contribution in [0.3, 0.4) is 0 Å². The summed E-state index contributed by atoms with van der Waals surface area (Å²) in [4.78, 5) is 53.0. The van der Waals surface area contributed by atoms with Crippen molar-refractivity contribution in [3.63, 3.8) is 0 Å². The number of nitrogens with zero attached hydrogens (tertiary/aromatic N) is 1. The number of nitrogens with two attached hydrogens (primary N) is 3. The van der Waals surface area contributed by atoms with Crippen molar-refractivity contribution in [1.29, 1.82) is 0 Å². The number of guanidine groups is 1. The predicted molar refractivity (Wildman–Crippen MR) is 134 cm³/mol. The molecule has 13 heteroatoms. The second kappa shape index (κ2) is 15.2. The fourth-order valence-electron chi connectivity index (χ4n) is 3.20. The molecule has 0 bridgehead atoms. The first kappa shape index (κ1) is 30.2. The maximum Gasteiger partial charge on any atom is 0.326 e. The SMILES string of the molecule is CCC(C)C(NC(=O)C(N)CCCN=C(N)N)C(=O)NCC(=O)NC(Cc1ccc(O)cc1)C(=O)O. The first-order valence-corrected chi connectivity index (χ1v) is 11.6. The van der Waals surface area contributed by atoms with Crippen LogP contribution in [0, 0.1) is 5.92 Å². The van der Waals surface area contributed by atoms with E-state index >= 15 is 0 Å². The van der Waals surface area contributed by atoms with Gasteiger partial charge in [0.15, 0.2) is 5.96 Å². The van der Waals surface area contributed by atoms with Gasteiger partial charge in [0.1, 0.15) is 17.8 Å². The van der Waals surface area contributed by atoms with E-state index < -0.39 is 48.4 Å². The molecule has 0 spiro atoms. The Bertz CT molecular complexity index is 918. The van der Waals surface area contributed by atoms with Crippen LogP contribution in [-0.2, 0) is 25.6 Å². The predicted octanol–water partition coefficient (Wildman–Crippen LogP) is -1.47. The molecule has 0 fully saturated rings. The molecular formula is C23H37N7O6. The number of phenolic OH excluding ortho intramolecular Hbond substituents is 1. The van der Waals surface area contributed by atoms with Gasteiger partial charge in [-0.3, -0.25) is 19.4 Å². The number of hydrogen-bond donors (Lipinski definition) is 8. The van der Waals surface area contributed by atoms with E-state index in [1.165, 1.54) is 12.1 Å². The Morgan fingerprint density at radius 3 is 2.25 bits per heavy atom. The van der Waals surface area contributed by atoms with Crippen molar-refractivity contribution in [2.24, 2.45) is 28.1 Å². The lowest BCUT2D eigenvalue weighted by atomic mass is 9.97. The van der Waals surface area contributed by atoms with Gasteiger partial charge in [-0.05, 0) is 36.5 Å². The standard InChI is InChI=1S/C23H37N7O6/c1-3-13(2)19(30-20(33)16(24)5-4-10-27-23(25)26)21(34)28-12-18(32)29-17(22(35)36)11-14-6-8-15(31)9-7-14/h6-9,13,16-17,19,31H,3-5,10-12,24H2,1-2H3,(H,28,34)(H,29,32)(H,30,33)(H,35,36)(H4,25,26,27). The summed E-state index contributed by atoms with van der Waals surface area (Å²) >= 11 is 0. The van der Waals surface area contributed by atoms with E-state index in [9.17, 15) is 29.4 Å². The molecule has 1 aromatic rings. The number of aliphatic carboxylic acids is 1. The Balaban J connectivity index is 2.66. The number of carbonyl (C=O) groups is 4. The van der Waals surface area contributed by atoms with E-state index in [4.69, 9.17) is 17.2 Å². The minimum Gasteiger partial charge on any atom is -0.508 e. The summed E-state index contributed by atoms with van der Waals surface area (Å²) < 4.78 is 0. The highest BCUT2D eigenvalue weighted by molar-refractivity contribution is 5.92. The molecule has 200 valence electrons. The van der Waals surface area contributed by atoms with Crippen LogP contribution in [0.25, 0.3) is 0 Å². The largest absolute Gasteiger partial charge is 0.508 e. The van der Waals surface area contributed by atoms with E-state index in [-0.39, 0.29) is 24.0 Å². The Hall–Kier alpha value is -3.87. The number of carbonyl (C=O) groups excluding carboxylic acids is 3. The lowest BCUT2D eigenvalue weighted by molar-refractivity contribution is -0.141. The Kier molecular flexibility index (Phi) is 12.7. The molecule has 0 radical (unpaired) electrons. The van der Waals surface area contributed by atoms with E-state index in [2.05, 4.69) is 20.9 Å². The van der Waals surface area contributed by atoms with E-state index in [0.29, 0.717) is 31.4 Å². The van der Waals surface area contributed by atoms with Gasteiger partial charge in [-0.15, -0.1) is 0 Å². The zero-order valence-corrected chi connectivity index (χ0v) is 20.6. The van der Waals surface area contributed by atoms with Crippen LogP contribution in [0.15, 0.2) is 29.3 Å². The minimum atomic E-state index is -1.25. The fraction of sp³-hybridized carbons (Fsp3) is 0.522. The summed E-state index contributed by atoms with van der Waals surface area (Å²) in [5.41, 5.74) is 17.0. The molecule has 1 rings (SSSR count). The van der Waals surface area contributed by atoms with Crippen LogP contribution in [0.2, 0.25) is 0 Å². The van der Waals surface area contributed by atoms with Crippen LogP contribution >= 0.6 is 0 Å². The van der Waals surface area contributed by atoms with Crippen molar-refractivity contribution >= 4 is 29.7 Å². The summed E-state index contributed by atoms with van der Waals surface area (Å²) in [6.07, 6.45) is 1.33. The molecule has 13 nitrogen and oxygen atoms in total. The summed E-state index contributed by atoms with van der Waals surface area (Å²) in [7, 11) is 0. The molecule has 0 aromatic heterocycles. The molecular weight excluding hydrogens is 470 g/mol. The normalized spacial score (nSPS) is 14.0. The van der Waals surface area contributed by atoms with Gasteiger partial charge in [-0.25, -0.2) is 4.79 Å². The van der Waals surface area contributed by atoms with Gasteiger partial charge < -0.3 is 43.4 Å². The van der Waals surface area contributed by atoms with Crippen LogP contribution in [-0.4, -0.2) is 71.1 Å². The molecule has 0 aliphatic heterocycles. The summed E-state index contributed by atoms with van der Waals surface area (Å²) in [5, 5.41) is 26.2. The van der Waals surface area contributed by atoms with Crippen LogP contribution in [0.1, 0.15) is 38.7 Å². The molecule has 0 saturated carbocycles. The van der Waals surface area contributed by atoms with Gasteiger partial charge in [0.2, 0.25) is 17.7 Å². The first-order chi connectivity index (χ1) is 16.9. The van der Waals surface area contributed by atoms with E-state index in [1.807, 2.05) is 6.92 Å². The fourth-order valence-corrected chi connectivity index (χ4v) is 3.20. The number of benzene rings is 1.